The summed E-state index contributed by atoms with van der Waals surface area (Å²) in [6.45, 7) is 5.67. The first-order chi connectivity index (χ1) is 7.54. The van der Waals surface area contributed by atoms with E-state index < -0.39 is 0 Å². The minimum atomic E-state index is -0.377. The molecule has 16 heavy (non-hydrogen) atoms. The number of hydrogen-bond acceptors (Lipinski definition) is 4. The lowest BCUT2D eigenvalue weighted by Gasteiger charge is -2.35. The van der Waals surface area contributed by atoms with Crippen molar-refractivity contribution in [3.8, 4) is 0 Å². The first-order valence-electron chi connectivity index (χ1n) is 5.45. The molecule has 88 valence electrons. The Labute approximate surface area is 93.8 Å². The maximum Gasteiger partial charge on any atom is 0.309 e. The van der Waals surface area contributed by atoms with Crippen LogP contribution in [-0.2, 0) is 5.54 Å². The van der Waals surface area contributed by atoms with E-state index in [1.54, 1.807) is 11.6 Å². The monoisotopic (exact) mass is 224 g/mol. The van der Waals surface area contributed by atoms with Gasteiger partial charge in [0.1, 0.15) is 11.9 Å². The lowest BCUT2D eigenvalue weighted by Crippen LogP contribution is -2.46. The number of aromatic nitrogens is 2. The Hall–Kier alpha value is -1.43. The van der Waals surface area contributed by atoms with Gasteiger partial charge in [0.05, 0.1) is 10.5 Å². The van der Waals surface area contributed by atoms with Crippen LogP contribution in [0.1, 0.15) is 25.5 Å². The van der Waals surface area contributed by atoms with Crippen LogP contribution in [0.25, 0.3) is 0 Å². The molecule has 2 rings (SSSR count). The van der Waals surface area contributed by atoms with Gasteiger partial charge in [-0.3, -0.25) is 14.8 Å². The number of piperidine rings is 1. The molecule has 1 aliphatic heterocycles. The quantitative estimate of drug-likeness (QED) is 0.605. The van der Waals surface area contributed by atoms with Crippen LogP contribution in [0.3, 0.4) is 0 Å². The molecule has 0 aliphatic carbocycles. The largest absolute Gasteiger partial charge is 0.314 e. The van der Waals surface area contributed by atoms with Crippen molar-refractivity contribution in [2.24, 2.45) is 0 Å². The summed E-state index contributed by atoms with van der Waals surface area (Å²) in [7, 11) is 0. The van der Waals surface area contributed by atoms with E-state index in [4.69, 9.17) is 0 Å². The zero-order chi connectivity index (χ0) is 11.8. The van der Waals surface area contributed by atoms with E-state index in [-0.39, 0.29) is 16.1 Å². The molecule has 0 spiro atoms. The Balaban J connectivity index is 2.36. The van der Waals surface area contributed by atoms with Crippen LogP contribution in [0.2, 0.25) is 0 Å². The summed E-state index contributed by atoms with van der Waals surface area (Å²) in [6, 6.07) is 0. The van der Waals surface area contributed by atoms with Crippen LogP contribution in [0, 0.1) is 17.0 Å². The highest BCUT2D eigenvalue weighted by atomic mass is 16.6. The predicted molar refractivity (Wildman–Crippen MR) is 59.4 cm³/mol. The van der Waals surface area contributed by atoms with Crippen LogP contribution >= 0.6 is 0 Å². The molecule has 1 aromatic rings. The van der Waals surface area contributed by atoms with Gasteiger partial charge in [0.25, 0.3) is 0 Å². The Morgan fingerprint density at radius 3 is 2.94 bits per heavy atom. The Kier molecular flexibility index (Phi) is 2.67. The third-order valence-corrected chi connectivity index (χ3v) is 3.27. The molecule has 0 saturated carbocycles. The van der Waals surface area contributed by atoms with Crippen molar-refractivity contribution in [3.05, 3.63) is 22.0 Å². The number of nitrogens with one attached hydrogen (secondary N) is 1. The van der Waals surface area contributed by atoms with Gasteiger partial charge in [-0.05, 0) is 33.2 Å². The van der Waals surface area contributed by atoms with Crippen LogP contribution in [0.4, 0.5) is 5.69 Å². The second kappa shape index (κ2) is 3.86. The van der Waals surface area contributed by atoms with Gasteiger partial charge in [-0.1, -0.05) is 0 Å². The summed E-state index contributed by atoms with van der Waals surface area (Å²) >= 11 is 0. The van der Waals surface area contributed by atoms with Crippen molar-refractivity contribution in [2.75, 3.05) is 13.1 Å². The molecule has 0 unspecified atom stereocenters. The molecular weight excluding hydrogens is 208 g/mol. The van der Waals surface area contributed by atoms with Crippen LogP contribution in [-0.4, -0.2) is 27.8 Å². The highest BCUT2D eigenvalue weighted by Crippen LogP contribution is 2.28. The Morgan fingerprint density at radius 1 is 1.69 bits per heavy atom. The summed E-state index contributed by atoms with van der Waals surface area (Å²) in [4.78, 5) is 10.4. The molecule has 0 amide bonds. The lowest BCUT2D eigenvalue weighted by molar-refractivity contribution is -0.385. The van der Waals surface area contributed by atoms with E-state index in [0.717, 1.165) is 25.9 Å². The van der Waals surface area contributed by atoms with Gasteiger partial charge in [0.15, 0.2) is 0 Å². The highest BCUT2D eigenvalue weighted by molar-refractivity contribution is 5.32. The fourth-order valence-corrected chi connectivity index (χ4v) is 2.35. The molecule has 0 bridgehead atoms. The van der Waals surface area contributed by atoms with Gasteiger partial charge >= 0.3 is 5.69 Å². The number of nitrogens with zero attached hydrogens (tertiary/aromatic N) is 3. The molecular formula is C10H16N4O2. The van der Waals surface area contributed by atoms with E-state index >= 15 is 0 Å². The molecule has 2 heterocycles. The van der Waals surface area contributed by atoms with Crippen LogP contribution in [0.5, 0.6) is 0 Å². The van der Waals surface area contributed by atoms with Crippen molar-refractivity contribution in [2.45, 2.75) is 32.2 Å². The minimum Gasteiger partial charge on any atom is -0.314 e. The van der Waals surface area contributed by atoms with Crippen LogP contribution < -0.4 is 5.32 Å². The molecule has 1 atom stereocenters. The van der Waals surface area contributed by atoms with Crippen molar-refractivity contribution in [1.82, 2.24) is 15.1 Å². The van der Waals surface area contributed by atoms with Crippen molar-refractivity contribution >= 4 is 5.69 Å². The maximum absolute atomic E-state index is 10.8. The third kappa shape index (κ3) is 1.69. The van der Waals surface area contributed by atoms with E-state index in [9.17, 15) is 10.1 Å². The Morgan fingerprint density at radius 2 is 2.44 bits per heavy atom. The topological polar surface area (TPSA) is 73.0 Å². The first kappa shape index (κ1) is 11.1. The molecule has 1 aromatic heterocycles. The zero-order valence-electron chi connectivity index (χ0n) is 9.56. The number of hydrogen-bond donors (Lipinski definition) is 1. The maximum atomic E-state index is 10.8. The summed E-state index contributed by atoms with van der Waals surface area (Å²) in [6.07, 6.45) is 3.42. The van der Waals surface area contributed by atoms with Gasteiger partial charge in [0.2, 0.25) is 0 Å². The fraction of sp³-hybridized carbons (Fsp3) is 0.700. The van der Waals surface area contributed by atoms with Crippen molar-refractivity contribution in [1.29, 1.82) is 0 Å². The van der Waals surface area contributed by atoms with E-state index in [1.807, 2.05) is 0 Å². The average Bonchev–Trinajstić information content (AvgIpc) is 2.62. The lowest BCUT2D eigenvalue weighted by atomic mass is 9.92. The second-order valence-electron chi connectivity index (χ2n) is 4.56. The molecule has 1 N–H and O–H groups in total. The van der Waals surface area contributed by atoms with E-state index in [1.165, 1.54) is 6.20 Å². The van der Waals surface area contributed by atoms with Crippen LogP contribution in [0.15, 0.2) is 6.20 Å². The molecule has 0 aromatic carbocycles. The van der Waals surface area contributed by atoms with Gasteiger partial charge < -0.3 is 5.32 Å². The molecule has 1 aliphatic rings. The van der Waals surface area contributed by atoms with Gasteiger partial charge in [-0.15, -0.1) is 0 Å². The van der Waals surface area contributed by atoms with Gasteiger partial charge in [0, 0.05) is 6.54 Å². The van der Waals surface area contributed by atoms with Crippen molar-refractivity contribution < 1.29 is 4.92 Å². The number of nitro groups is 1. The number of rotatable bonds is 2. The average molecular weight is 224 g/mol. The van der Waals surface area contributed by atoms with Crippen molar-refractivity contribution in [3.63, 3.8) is 0 Å². The zero-order valence-corrected chi connectivity index (χ0v) is 9.56. The molecule has 1 fully saturated rings. The van der Waals surface area contributed by atoms with E-state index in [2.05, 4.69) is 17.3 Å². The highest BCUT2D eigenvalue weighted by Gasteiger charge is 2.33. The minimum absolute atomic E-state index is 0.104. The molecule has 6 heteroatoms. The molecule has 0 radical (unpaired) electrons. The molecule has 6 nitrogen and oxygen atoms in total. The summed E-state index contributed by atoms with van der Waals surface area (Å²) in [5.41, 5.74) is 0.597. The summed E-state index contributed by atoms with van der Waals surface area (Å²) in [5.74, 6) is 0. The Bertz CT molecular complexity index is 407. The smallest absolute Gasteiger partial charge is 0.309 e. The summed E-state index contributed by atoms with van der Waals surface area (Å²) < 4.78 is 1.79. The normalized spacial score (nSPS) is 25.6. The van der Waals surface area contributed by atoms with Gasteiger partial charge in [-0.25, -0.2) is 0 Å². The third-order valence-electron chi connectivity index (χ3n) is 3.27. The fourth-order valence-electron chi connectivity index (χ4n) is 2.35. The van der Waals surface area contributed by atoms with Gasteiger partial charge in [-0.2, -0.15) is 5.10 Å². The predicted octanol–water partition coefficient (Wildman–Crippen LogP) is 1.20. The molecule has 1 saturated heterocycles. The second-order valence-corrected chi connectivity index (χ2v) is 4.56. The SMILES string of the molecule is Cc1c([N+](=O)[O-])cnn1[C@]1(C)CCCNC1. The standard InChI is InChI=1S/C10H16N4O2/c1-8-9(14(15)16)6-12-13(8)10(2)4-3-5-11-7-10/h6,11H,3-5,7H2,1-2H3/t10-/m1/s1. The van der Waals surface area contributed by atoms with E-state index in [0.29, 0.717) is 5.69 Å². The summed E-state index contributed by atoms with van der Waals surface area (Å²) in [5, 5.41) is 18.2. The first-order valence-corrected chi connectivity index (χ1v) is 5.45.